The minimum Gasteiger partial charge on any atom is -0.482 e. The molecule has 0 aliphatic rings. The first kappa shape index (κ1) is 11.5. The lowest BCUT2D eigenvalue weighted by Crippen LogP contribution is -2.37. The highest BCUT2D eigenvalue weighted by Gasteiger charge is 2.33. The zero-order valence-electron chi connectivity index (χ0n) is 7.84. The zero-order chi connectivity index (χ0) is 10.9. The average Bonchev–Trinajstić information content (AvgIpc) is 2.02. The average molecular weight is 229 g/mol. The Morgan fingerprint density at radius 1 is 1.29 bits per heavy atom. The summed E-state index contributed by atoms with van der Waals surface area (Å²) in [5, 5.41) is 8.71. The van der Waals surface area contributed by atoms with E-state index in [4.69, 9.17) is 28.3 Å². The van der Waals surface area contributed by atoms with Crippen LogP contribution in [0.3, 0.4) is 0 Å². The summed E-state index contributed by atoms with van der Waals surface area (Å²) in [5.74, 6) is -0.951. The summed E-state index contributed by atoms with van der Waals surface area (Å²) in [5.41, 5.74) is 0.454. The summed E-state index contributed by atoms with van der Waals surface area (Å²) < 4.78 is 0. The van der Waals surface area contributed by atoms with E-state index in [2.05, 4.69) is 0 Å². The Morgan fingerprint density at radius 2 is 1.71 bits per heavy atom. The molecule has 6 heteroatoms. The highest BCUT2D eigenvalue weighted by molar-refractivity contribution is 6.52. The second-order valence-corrected chi connectivity index (χ2v) is 4.34. The Bertz CT molecular complexity index is 359. The maximum Gasteiger partial charge on any atom is 0.297 e. The number of rotatable bonds is 2. The van der Waals surface area contributed by atoms with Crippen LogP contribution < -0.4 is 0 Å². The third-order valence-corrected chi connectivity index (χ3v) is 2.75. The van der Waals surface area contributed by atoms with Gasteiger partial charge in [0.15, 0.2) is 0 Å². The van der Waals surface area contributed by atoms with E-state index in [9.17, 15) is 4.79 Å². The van der Waals surface area contributed by atoms with Gasteiger partial charge in [-0.2, -0.15) is 0 Å². The third-order valence-electron chi connectivity index (χ3n) is 2.12. The second kappa shape index (κ2) is 3.87. The molecule has 0 bridgehead atoms. The van der Waals surface area contributed by atoms with Gasteiger partial charge >= 0.3 is 0 Å². The first-order valence-corrected chi connectivity index (χ1v) is 4.81. The van der Waals surface area contributed by atoms with Gasteiger partial charge in [0.05, 0.1) is 0 Å². The molecule has 72 valence electrons. The van der Waals surface area contributed by atoms with Crippen molar-refractivity contribution < 1.29 is 9.90 Å². The smallest absolute Gasteiger partial charge is 0.297 e. The summed E-state index contributed by atoms with van der Waals surface area (Å²) in [6.45, 7) is 0. The minimum absolute atomic E-state index is 0.380. The molecule has 2 nitrogen and oxygen atoms in total. The van der Waals surface area contributed by atoms with Gasteiger partial charge in [-0.1, -0.05) is 29.3 Å². The van der Waals surface area contributed by atoms with Gasteiger partial charge in [-0.25, -0.2) is 0 Å². The molecule has 0 fully saturated rings. The van der Waals surface area contributed by atoms with Crippen LogP contribution in [-0.4, -0.2) is 26.8 Å². The lowest BCUT2D eigenvalue weighted by Gasteiger charge is -2.22. The molecular weight excluding hydrogens is 221 g/mol. The molecule has 0 saturated carbocycles. The van der Waals surface area contributed by atoms with Crippen molar-refractivity contribution in [3.05, 3.63) is 33.8 Å². The standard InChI is InChI=1S/C8H8B2Cl2O2/c9-8(10,7(13)14)6-4(11)2-1-3-5(6)12/h1-3H,9-10H2,(H,13,14). The molecule has 0 heterocycles. The van der Waals surface area contributed by atoms with E-state index in [1.807, 2.05) is 0 Å². The number of carbonyl (C=O) groups is 1. The van der Waals surface area contributed by atoms with Crippen LogP contribution in [0.15, 0.2) is 18.2 Å². The molecule has 0 amide bonds. The summed E-state index contributed by atoms with van der Waals surface area (Å²) in [6, 6.07) is 4.95. The van der Waals surface area contributed by atoms with Crippen molar-refractivity contribution in [1.29, 1.82) is 0 Å². The number of benzene rings is 1. The van der Waals surface area contributed by atoms with Gasteiger partial charge in [0, 0.05) is 15.3 Å². The van der Waals surface area contributed by atoms with Gasteiger partial charge in [-0.3, -0.25) is 4.79 Å². The Hall–Kier alpha value is -0.600. The Labute approximate surface area is 94.0 Å². The highest BCUT2D eigenvalue weighted by Crippen LogP contribution is 2.32. The first-order valence-electron chi connectivity index (χ1n) is 4.05. The fourth-order valence-electron chi connectivity index (χ4n) is 1.20. The largest absolute Gasteiger partial charge is 0.482 e. The van der Waals surface area contributed by atoms with Gasteiger partial charge in [0.2, 0.25) is 0 Å². The van der Waals surface area contributed by atoms with Crippen molar-refractivity contribution in [2.24, 2.45) is 0 Å². The molecule has 0 aliphatic carbocycles. The summed E-state index contributed by atoms with van der Waals surface area (Å²) in [4.78, 5) is 11.0. The summed E-state index contributed by atoms with van der Waals surface area (Å²) in [7, 11) is 3.14. The van der Waals surface area contributed by atoms with Gasteiger partial charge in [0.25, 0.3) is 5.97 Å². The predicted octanol–water partition coefficient (Wildman–Crippen LogP) is 0.497. The van der Waals surface area contributed by atoms with Gasteiger partial charge < -0.3 is 5.11 Å². The van der Waals surface area contributed by atoms with Gasteiger partial charge in [-0.15, -0.1) is 0 Å². The van der Waals surface area contributed by atoms with Crippen molar-refractivity contribution in [2.45, 2.75) is 5.21 Å². The molecule has 1 N–H and O–H groups in total. The maximum absolute atomic E-state index is 11.0. The Kier molecular flexibility index (Phi) is 3.17. The maximum atomic E-state index is 11.0. The predicted molar refractivity (Wildman–Crippen MR) is 62.9 cm³/mol. The van der Waals surface area contributed by atoms with Crippen LogP contribution in [0.5, 0.6) is 0 Å². The fraction of sp³-hybridized carbons (Fsp3) is 0.125. The number of hydrogen-bond donors (Lipinski definition) is 1. The van der Waals surface area contributed by atoms with Crippen LogP contribution in [0.2, 0.25) is 10.0 Å². The quantitative estimate of drug-likeness (QED) is 0.749. The zero-order valence-corrected chi connectivity index (χ0v) is 9.36. The highest BCUT2D eigenvalue weighted by atomic mass is 35.5. The fourth-order valence-corrected chi connectivity index (χ4v) is 2.07. The van der Waals surface area contributed by atoms with Crippen LogP contribution in [-0.2, 0) is 10.0 Å². The topological polar surface area (TPSA) is 37.3 Å². The number of halogens is 2. The molecule has 1 aromatic carbocycles. The Balaban J connectivity index is 3.38. The molecule has 0 atom stereocenters. The molecule has 0 radical (unpaired) electrons. The van der Waals surface area contributed by atoms with E-state index in [0.29, 0.717) is 15.6 Å². The molecule has 0 aliphatic heterocycles. The molecule has 0 unspecified atom stereocenters. The van der Waals surface area contributed by atoms with Crippen molar-refractivity contribution in [1.82, 2.24) is 0 Å². The molecule has 0 saturated heterocycles. The van der Waals surface area contributed by atoms with E-state index in [-0.39, 0.29) is 0 Å². The van der Waals surface area contributed by atoms with Crippen LogP contribution in [0.4, 0.5) is 0 Å². The van der Waals surface area contributed by atoms with Gasteiger partial charge in [0.1, 0.15) is 15.7 Å². The van der Waals surface area contributed by atoms with E-state index < -0.39 is 11.2 Å². The number of aliphatic carboxylic acids is 1. The lowest BCUT2D eigenvalue weighted by atomic mass is 9.51. The van der Waals surface area contributed by atoms with E-state index >= 15 is 0 Å². The molecule has 0 aromatic heterocycles. The van der Waals surface area contributed by atoms with Crippen molar-refractivity contribution >= 4 is 44.9 Å². The molecule has 1 aromatic rings. The number of carboxylic acid groups (broad SMARTS) is 1. The minimum atomic E-state index is -1.07. The number of carboxylic acids is 1. The van der Waals surface area contributed by atoms with E-state index in [1.165, 1.54) is 0 Å². The summed E-state index contributed by atoms with van der Waals surface area (Å²) in [6.07, 6.45) is 0. The molecule has 1 rings (SSSR count). The molecule has 14 heavy (non-hydrogen) atoms. The van der Waals surface area contributed by atoms with Crippen LogP contribution in [0.25, 0.3) is 0 Å². The van der Waals surface area contributed by atoms with Crippen LogP contribution in [0.1, 0.15) is 5.56 Å². The first-order chi connectivity index (χ1) is 6.37. The Morgan fingerprint density at radius 3 is 2.07 bits per heavy atom. The number of hydrogen-bond acceptors (Lipinski definition) is 1. The second-order valence-electron chi connectivity index (χ2n) is 3.53. The molecule has 0 spiro atoms. The summed E-state index contributed by atoms with van der Waals surface area (Å²) >= 11 is 11.8. The lowest BCUT2D eigenvalue weighted by molar-refractivity contribution is -0.138. The normalized spacial score (nSPS) is 11.3. The van der Waals surface area contributed by atoms with Crippen molar-refractivity contribution in [3.8, 4) is 0 Å². The van der Waals surface area contributed by atoms with E-state index in [0.717, 1.165) is 0 Å². The molecular formula is C8H8B2Cl2O2. The SMILES string of the molecule is BC(B)(C(=O)O)c1c(Cl)cccc1Cl. The van der Waals surface area contributed by atoms with E-state index in [1.54, 1.807) is 33.9 Å². The van der Waals surface area contributed by atoms with Crippen LogP contribution in [0, 0.1) is 0 Å². The van der Waals surface area contributed by atoms with Crippen molar-refractivity contribution in [3.63, 3.8) is 0 Å². The third kappa shape index (κ3) is 1.91. The van der Waals surface area contributed by atoms with Crippen molar-refractivity contribution in [2.75, 3.05) is 0 Å². The monoisotopic (exact) mass is 228 g/mol. The van der Waals surface area contributed by atoms with Crippen LogP contribution >= 0.6 is 23.2 Å². The van der Waals surface area contributed by atoms with Gasteiger partial charge in [-0.05, 0) is 17.7 Å².